The third-order valence-electron chi connectivity index (χ3n) is 3.16. The van der Waals surface area contributed by atoms with Crippen LogP contribution in [0, 0.1) is 5.92 Å². The summed E-state index contributed by atoms with van der Waals surface area (Å²) in [6.45, 7) is 2.97. The number of methoxy groups -OCH3 is 1. The van der Waals surface area contributed by atoms with Gasteiger partial charge in [-0.05, 0) is 37.1 Å². The lowest BCUT2D eigenvalue weighted by Crippen LogP contribution is -2.12. The van der Waals surface area contributed by atoms with Crippen LogP contribution in [0.1, 0.15) is 12.0 Å². The van der Waals surface area contributed by atoms with Crippen LogP contribution in [0.5, 0.6) is 11.5 Å². The first-order chi connectivity index (χ1) is 8.83. The minimum Gasteiger partial charge on any atom is -0.493 e. The Balaban J connectivity index is 2.00. The molecule has 0 radical (unpaired) electrons. The van der Waals surface area contributed by atoms with E-state index in [1.165, 1.54) is 5.56 Å². The smallest absolute Gasteiger partial charge is 0.161 e. The van der Waals surface area contributed by atoms with E-state index in [1.54, 1.807) is 7.11 Å². The minimum atomic E-state index is 0.493. The van der Waals surface area contributed by atoms with Crippen LogP contribution in [-0.4, -0.2) is 33.5 Å². The molecular formula is C14H21NO3. The normalized spacial score (nSPS) is 18.9. The van der Waals surface area contributed by atoms with E-state index in [1.807, 2.05) is 18.2 Å². The van der Waals surface area contributed by atoms with Crippen molar-refractivity contribution in [3.8, 4) is 11.5 Å². The van der Waals surface area contributed by atoms with Crippen molar-refractivity contribution in [1.29, 1.82) is 0 Å². The van der Waals surface area contributed by atoms with Gasteiger partial charge in [0.25, 0.3) is 0 Å². The van der Waals surface area contributed by atoms with E-state index in [0.717, 1.165) is 37.6 Å². The predicted molar refractivity (Wildman–Crippen MR) is 70.2 cm³/mol. The molecule has 2 N–H and O–H groups in total. The summed E-state index contributed by atoms with van der Waals surface area (Å²) in [5, 5.41) is 0. The Morgan fingerprint density at radius 2 is 2.28 bits per heavy atom. The fourth-order valence-corrected chi connectivity index (χ4v) is 2.08. The molecule has 1 unspecified atom stereocenters. The molecule has 0 amide bonds. The molecule has 1 aromatic carbocycles. The van der Waals surface area contributed by atoms with Crippen LogP contribution < -0.4 is 15.2 Å². The highest BCUT2D eigenvalue weighted by Crippen LogP contribution is 2.29. The van der Waals surface area contributed by atoms with Crippen LogP contribution in [0.4, 0.5) is 0 Å². The highest BCUT2D eigenvalue weighted by atomic mass is 16.5. The first-order valence-corrected chi connectivity index (χ1v) is 6.41. The lowest BCUT2D eigenvalue weighted by Gasteiger charge is -2.14. The topological polar surface area (TPSA) is 53.7 Å². The van der Waals surface area contributed by atoms with Crippen LogP contribution in [0.25, 0.3) is 0 Å². The molecule has 1 heterocycles. The van der Waals surface area contributed by atoms with E-state index in [-0.39, 0.29) is 0 Å². The molecule has 1 aliphatic rings. The monoisotopic (exact) mass is 251 g/mol. The van der Waals surface area contributed by atoms with Crippen molar-refractivity contribution in [2.24, 2.45) is 11.7 Å². The second kappa shape index (κ2) is 6.61. The molecule has 0 aliphatic carbocycles. The number of benzene rings is 1. The molecule has 100 valence electrons. The van der Waals surface area contributed by atoms with Gasteiger partial charge in [-0.3, -0.25) is 0 Å². The maximum Gasteiger partial charge on any atom is 0.161 e. The minimum absolute atomic E-state index is 0.493. The molecule has 1 aromatic rings. The number of nitrogens with two attached hydrogens (primary N) is 1. The van der Waals surface area contributed by atoms with Gasteiger partial charge in [0.05, 0.1) is 20.3 Å². The predicted octanol–water partition coefficient (Wildman–Crippen LogP) is 1.61. The van der Waals surface area contributed by atoms with Crippen molar-refractivity contribution >= 4 is 0 Å². The summed E-state index contributed by atoms with van der Waals surface area (Å²) in [6.07, 6.45) is 1.93. The van der Waals surface area contributed by atoms with Crippen molar-refractivity contribution in [2.75, 3.05) is 33.5 Å². The second-order valence-electron chi connectivity index (χ2n) is 4.56. The maximum atomic E-state index is 5.85. The zero-order valence-corrected chi connectivity index (χ0v) is 10.9. The quantitative estimate of drug-likeness (QED) is 0.834. The third kappa shape index (κ3) is 3.37. The molecule has 1 aliphatic heterocycles. The molecular weight excluding hydrogens is 230 g/mol. The highest BCUT2D eigenvalue weighted by Gasteiger charge is 2.17. The van der Waals surface area contributed by atoms with Gasteiger partial charge in [0.1, 0.15) is 0 Å². The van der Waals surface area contributed by atoms with Crippen molar-refractivity contribution < 1.29 is 14.2 Å². The second-order valence-corrected chi connectivity index (χ2v) is 4.56. The van der Waals surface area contributed by atoms with E-state index in [4.69, 9.17) is 19.9 Å². The molecule has 4 nitrogen and oxygen atoms in total. The lowest BCUT2D eigenvalue weighted by molar-refractivity contribution is 0.165. The summed E-state index contributed by atoms with van der Waals surface area (Å²) in [5.41, 5.74) is 6.74. The summed E-state index contributed by atoms with van der Waals surface area (Å²) in [5.74, 6) is 2.07. The Labute approximate surface area is 108 Å². The summed E-state index contributed by atoms with van der Waals surface area (Å²) in [7, 11) is 1.66. The molecule has 0 bridgehead atoms. The van der Waals surface area contributed by atoms with Crippen molar-refractivity contribution in [2.45, 2.75) is 12.8 Å². The lowest BCUT2D eigenvalue weighted by atomic mass is 10.1. The molecule has 0 aromatic heterocycles. The number of hydrogen-bond acceptors (Lipinski definition) is 4. The largest absolute Gasteiger partial charge is 0.493 e. The zero-order chi connectivity index (χ0) is 12.8. The van der Waals surface area contributed by atoms with Crippen LogP contribution in [0.15, 0.2) is 18.2 Å². The zero-order valence-electron chi connectivity index (χ0n) is 10.9. The van der Waals surface area contributed by atoms with Crippen LogP contribution >= 0.6 is 0 Å². The first kappa shape index (κ1) is 13.2. The molecule has 18 heavy (non-hydrogen) atoms. The van der Waals surface area contributed by atoms with Crippen molar-refractivity contribution in [1.82, 2.24) is 0 Å². The SMILES string of the molecule is COc1ccc(CCN)cc1OCC1CCOC1. The highest BCUT2D eigenvalue weighted by molar-refractivity contribution is 5.43. The molecule has 1 saturated heterocycles. The molecule has 2 rings (SSSR count). The molecule has 4 heteroatoms. The third-order valence-corrected chi connectivity index (χ3v) is 3.16. The molecule has 0 spiro atoms. The number of hydrogen-bond donors (Lipinski definition) is 1. The Hall–Kier alpha value is -1.26. The van der Waals surface area contributed by atoms with Crippen LogP contribution in [0.3, 0.4) is 0 Å². The summed E-state index contributed by atoms with van der Waals surface area (Å²) in [4.78, 5) is 0. The molecule has 1 fully saturated rings. The summed E-state index contributed by atoms with van der Waals surface area (Å²) in [6, 6.07) is 5.98. The molecule has 1 atom stereocenters. The van der Waals surface area contributed by atoms with E-state index >= 15 is 0 Å². The summed E-state index contributed by atoms with van der Waals surface area (Å²) < 4.78 is 16.5. The van der Waals surface area contributed by atoms with Gasteiger partial charge >= 0.3 is 0 Å². The van der Waals surface area contributed by atoms with Crippen LogP contribution in [0.2, 0.25) is 0 Å². The molecule has 0 saturated carbocycles. The average molecular weight is 251 g/mol. The first-order valence-electron chi connectivity index (χ1n) is 6.41. The number of rotatable bonds is 6. The van der Waals surface area contributed by atoms with Gasteiger partial charge in [0.2, 0.25) is 0 Å². The van der Waals surface area contributed by atoms with Gasteiger partial charge in [0, 0.05) is 12.5 Å². The van der Waals surface area contributed by atoms with Gasteiger partial charge in [-0.25, -0.2) is 0 Å². The van der Waals surface area contributed by atoms with Gasteiger partial charge in [-0.2, -0.15) is 0 Å². The Morgan fingerprint density at radius 1 is 1.39 bits per heavy atom. The summed E-state index contributed by atoms with van der Waals surface area (Å²) >= 11 is 0. The van der Waals surface area contributed by atoms with Gasteiger partial charge in [-0.1, -0.05) is 6.07 Å². The maximum absolute atomic E-state index is 5.85. The van der Waals surface area contributed by atoms with E-state index in [0.29, 0.717) is 19.1 Å². The van der Waals surface area contributed by atoms with Gasteiger partial charge < -0.3 is 19.9 Å². The van der Waals surface area contributed by atoms with E-state index in [9.17, 15) is 0 Å². The Morgan fingerprint density at radius 3 is 2.94 bits per heavy atom. The van der Waals surface area contributed by atoms with Crippen molar-refractivity contribution in [3.63, 3.8) is 0 Å². The average Bonchev–Trinajstić information content (AvgIpc) is 2.90. The van der Waals surface area contributed by atoms with Gasteiger partial charge in [-0.15, -0.1) is 0 Å². The fraction of sp³-hybridized carbons (Fsp3) is 0.571. The van der Waals surface area contributed by atoms with E-state index in [2.05, 4.69) is 0 Å². The Kier molecular flexibility index (Phi) is 4.84. The van der Waals surface area contributed by atoms with Gasteiger partial charge in [0.15, 0.2) is 11.5 Å². The van der Waals surface area contributed by atoms with E-state index < -0.39 is 0 Å². The fourth-order valence-electron chi connectivity index (χ4n) is 2.08. The number of ether oxygens (including phenoxy) is 3. The van der Waals surface area contributed by atoms with Crippen molar-refractivity contribution in [3.05, 3.63) is 23.8 Å². The Bertz CT molecular complexity index is 375. The standard InChI is InChI=1S/C14H21NO3/c1-16-13-3-2-11(4-6-15)8-14(13)18-10-12-5-7-17-9-12/h2-3,8,12H,4-7,9-10,15H2,1H3. The van der Waals surface area contributed by atoms with Crippen LogP contribution in [-0.2, 0) is 11.2 Å².